The molecule has 1 fully saturated rings. The van der Waals surface area contributed by atoms with Crippen LogP contribution in [0.25, 0.3) is 0 Å². The van der Waals surface area contributed by atoms with E-state index in [1.807, 2.05) is 6.08 Å². The van der Waals surface area contributed by atoms with E-state index in [2.05, 4.69) is 11.4 Å². The molecule has 2 bridgehead atoms. The molecule has 5 atom stereocenters. The number of carboxylic acid groups (broad SMARTS) is 1. The molecule has 0 aromatic carbocycles. The molecule has 5 heteroatoms. The number of carbonyl (C=O) groups excluding carboxylic acids is 1. The summed E-state index contributed by atoms with van der Waals surface area (Å²) in [5, 5.41) is 20.6. The number of allylic oxidation sites excluding steroid dienone is 2. The third-order valence-corrected chi connectivity index (χ3v) is 3.66. The quantitative estimate of drug-likeness (QED) is 0.609. The number of fused-ring (bicyclic) bond motifs is 2. The first-order valence-corrected chi connectivity index (χ1v) is 5.88. The van der Waals surface area contributed by atoms with Gasteiger partial charge in [-0.3, -0.25) is 4.79 Å². The Bertz CT molecular complexity index is 364. The van der Waals surface area contributed by atoms with Crippen molar-refractivity contribution in [3.63, 3.8) is 0 Å². The SMILES string of the molecule is C[C@@H](O)[C@H](NC(=O)C1CC2C=CC1C2)C(=O)O. The number of nitrogens with one attached hydrogen (secondary N) is 1. The first kappa shape index (κ1) is 12.1. The van der Waals surface area contributed by atoms with Crippen molar-refractivity contribution < 1.29 is 19.8 Å². The zero-order valence-electron chi connectivity index (χ0n) is 9.67. The standard InChI is InChI=1S/C12H17NO4/c1-6(14)10(12(16)17)13-11(15)9-5-7-2-3-8(9)4-7/h2-3,6-10,14H,4-5H2,1H3,(H,13,15)(H,16,17)/t6-,7?,8?,9?,10+/m1/s1. The van der Waals surface area contributed by atoms with E-state index in [0.717, 1.165) is 12.8 Å². The van der Waals surface area contributed by atoms with E-state index < -0.39 is 18.1 Å². The molecule has 3 N–H and O–H groups in total. The molecule has 0 aromatic heterocycles. The number of hydrogen-bond donors (Lipinski definition) is 3. The molecule has 0 spiro atoms. The molecule has 1 amide bonds. The first-order valence-electron chi connectivity index (χ1n) is 5.88. The van der Waals surface area contributed by atoms with E-state index >= 15 is 0 Å². The van der Waals surface area contributed by atoms with Gasteiger partial charge in [-0.25, -0.2) is 4.79 Å². The van der Waals surface area contributed by atoms with Gasteiger partial charge in [-0.15, -0.1) is 0 Å². The molecule has 5 nitrogen and oxygen atoms in total. The fourth-order valence-electron chi connectivity index (χ4n) is 2.73. The van der Waals surface area contributed by atoms with E-state index in [1.165, 1.54) is 6.92 Å². The van der Waals surface area contributed by atoms with Gasteiger partial charge in [0, 0.05) is 5.92 Å². The lowest BCUT2D eigenvalue weighted by Gasteiger charge is -2.22. The number of hydrogen-bond acceptors (Lipinski definition) is 3. The fraction of sp³-hybridized carbons (Fsp3) is 0.667. The van der Waals surface area contributed by atoms with Gasteiger partial charge in [0.15, 0.2) is 6.04 Å². The molecule has 0 saturated heterocycles. The summed E-state index contributed by atoms with van der Waals surface area (Å²) < 4.78 is 0. The fourth-order valence-corrected chi connectivity index (χ4v) is 2.73. The molecular weight excluding hydrogens is 222 g/mol. The molecule has 0 radical (unpaired) electrons. The second-order valence-electron chi connectivity index (χ2n) is 4.95. The summed E-state index contributed by atoms with van der Waals surface area (Å²) in [5.74, 6) is -0.887. The molecule has 2 aliphatic rings. The van der Waals surface area contributed by atoms with E-state index in [0.29, 0.717) is 5.92 Å². The van der Waals surface area contributed by atoms with Crippen molar-refractivity contribution in [2.24, 2.45) is 17.8 Å². The number of amides is 1. The monoisotopic (exact) mass is 239 g/mol. The topological polar surface area (TPSA) is 86.6 Å². The van der Waals surface area contributed by atoms with E-state index in [9.17, 15) is 14.7 Å². The molecule has 2 rings (SSSR count). The highest BCUT2D eigenvalue weighted by Gasteiger charge is 2.41. The Hall–Kier alpha value is -1.36. The highest BCUT2D eigenvalue weighted by atomic mass is 16.4. The Labute approximate surface area is 99.5 Å². The smallest absolute Gasteiger partial charge is 0.328 e. The molecule has 0 heterocycles. The second kappa shape index (κ2) is 4.49. The van der Waals surface area contributed by atoms with Crippen LogP contribution in [0.1, 0.15) is 19.8 Å². The van der Waals surface area contributed by atoms with Crippen molar-refractivity contribution in [2.75, 3.05) is 0 Å². The van der Waals surface area contributed by atoms with Crippen LogP contribution in [0, 0.1) is 17.8 Å². The Kier molecular flexibility index (Phi) is 3.19. The zero-order chi connectivity index (χ0) is 12.6. The van der Waals surface area contributed by atoms with Crippen molar-refractivity contribution >= 4 is 11.9 Å². The average Bonchev–Trinajstić information content (AvgIpc) is 2.85. The molecule has 17 heavy (non-hydrogen) atoms. The van der Waals surface area contributed by atoms with Crippen molar-refractivity contribution in [1.29, 1.82) is 0 Å². The molecule has 3 unspecified atom stereocenters. The lowest BCUT2D eigenvalue weighted by molar-refractivity contribution is -0.145. The first-order chi connectivity index (χ1) is 7.99. The Morgan fingerprint density at radius 3 is 2.47 bits per heavy atom. The van der Waals surface area contributed by atoms with Crippen LogP contribution in [0.3, 0.4) is 0 Å². The third kappa shape index (κ3) is 2.34. The Morgan fingerprint density at radius 1 is 1.35 bits per heavy atom. The summed E-state index contributed by atoms with van der Waals surface area (Å²) in [5.41, 5.74) is 0. The largest absolute Gasteiger partial charge is 0.480 e. The zero-order valence-corrected chi connectivity index (χ0v) is 9.67. The van der Waals surface area contributed by atoms with Gasteiger partial charge in [-0.2, -0.15) is 0 Å². The molecule has 2 aliphatic carbocycles. The lowest BCUT2D eigenvalue weighted by atomic mass is 9.92. The van der Waals surface area contributed by atoms with Crippen molar-refractivity contribution in [1.82, 2.24) is 5.32 Å². The number of carbonyl (C=O) groups is 2. The van der Waals surface area contributed by atoms with Gasteiger partial charge in [-0.1, -0.05) is 12.2 Å². The summed E-state index contributed by atoms with van der Waals surface area (Å²) in [7, 11) is 0. The van der Waals surface area contributed by atoms with Crippen LogP contribution in [0.2, 0.25) is 0 Å². The van der Waals surface area contributed by atoms with Crippen LogP contribution in [0.15, 0.2) is 12.2 Å². The highest BCUT2D eigenvalue weighted by Crippen LogP contribution is 2.43. The van der Waals surface area contributed by atoms with E-state index in [1.54, 1.807) is 0 Å². The Morgan fingerprint density at radius 2 is 2.06 bits per heavy atom. The maximum Gasteiger partial charge on any atom is 0.328 e. The van der Waals surface area contributed by atoms with Crippen molar-refractivity contribution in [3.05, 3.63) is 12.2 Å². The summed E-state index contributed by atoms with van der Waals surface area (Å²) in [4.78, 5) is 22.8. The number of rotatable bonds is 4. The molecular formula is C12H17NO4. The van der Waals surface area contributed by atoms with Gasteiger partial charge in [0.1, 0.15) is 0 Å². The van der Waals surface area contributed by atoms with E-state index in [-0.39, 0.29) is 17.7 Å². The van der Waals surface area contributed by atoms with Gasteiger partial charge >= 0.3 is 5.97 Å². The van der Waals surface area contributed by atoms with Crippen LogP contribution < -0.4 is 5.32 Å². The average molecular weight is 239 g/mol. The van der Waals surface area contributed by atoms with Gasteiger partial charge in [0.2, 0.25) is 5.91 Å². The lowest BCUT2D eigenvalue weighted by Crippen LogP contribution is -2.50. The number of aliphatic hydroxyl groups is 1. The van der Waals surface area contributed by atoms with Gasteiger partial charge < -0.3 is 15.5 Å². The van der Waals surface area contributed by atoms with Crippen LogP contribution in [-0.2, 0) is 9.59 Å². The van der Waals surface area contributed by atoms with Crippen molar-refractivity contribution in [3.8, 4) is 0 Å². The molecule has 94 valence electrons. The third-order valence-electron chi connectivity index (χ3n) is 3.66. The van der Waals surface area contributed by atoms with Crippen LogP contribution in [0.5, 0.6) is 0 Å². The molecule has 1 saturated carbocycles. The highest BCUT2D eigenvalue weighted by molar-refractivity contribution is 5.86. The minimum absolute atomic E-state index is 0.134. The number of aliphatic carboxylic acids is 1. The Balaban J connectivity index is 1.97. The van der Waals surface area contributed by atoms with E-state index in [4.69, 9.17) is 5.11 Å². The summed E-state index contributed by atoms with van der Waals surface area (Å²) >= 11 is 0. The van der Waals surface area contributed by atoms with Crippen molar-refractivity contribution in [2.45, 2.75) is 31.9 Å². The summed E-state index contributed by atoms with van der Waals surface area (Å²) in [6, 6.07) is -1.22. The normalized spacial score (nSPS) is 33.4. The minimum Gasteiger partial charge on any atom is -0.480 e. The van der Waals surface area contributed by atoms with Crippen LogP contribution >= 0.6 is 0 Å². The van der Waals surface area contributed by atoms with Crippen LogP contribution in [-0.4, -0.2) is 34.2 Å². The number of carboxylic acids is 1. The second-order valence-corrected chi connectivity index (χ2v) is 4.95. The molecule has 0 aliphatic heterocycles. The van der Waals surface area contributed by atoms with Gasteiger partial charge in [0.25, 0.3) is 0 Å². The number of aliphatic hydroxyl groups excluding tert-OH is 1. The summed E-state index contributed by atoms with van der Waals surface area (Å²) in [6.45, 7) is 1.36. The predicted octanol–water partition coefficient (Wildman–Crippen LogP) is 0.149. The predicted molar refractivity (Wildman–Crippen MR) is 60.1 cm³/mol. The maximum absolute atomic E-state index is 11.9. The molecule has 0 aromatic rings. The van der Waals surface area contributed by atoms with Crippen LogP contribution in [0.4, 0.5) is 0 Å². The maximum atomic E-state index is 11.9. The summed E-state index contributed by atoms with van der Waals surface area (Å²) in [6.07, 6.45) is 4.85. The van der Waals surface area contributed by atoms with Gasteiger partial charge in [0.05, 0.1) is 6.10 Å². The van der Waals surface area contributed by atoms with Gasteiger partial charge in [-0.05, 0) is 31.6 Å². The minimum atomic E-state index is -1.22.